The molecule has 1 heterocycles. The van der Waals surface area contributed by atoms with Crippen LogP contribution in [-0.4, -0.2) is 42.0 Å². The number of benzene rings is 2. The Kier molecular flexibility index (Phi) is 9.97. The van der Waals surface area contributed by atoms with E-state index in [2.05, 4.69) is 16.0 Å². The number of rotatable bonds is 9. The first-order valence-corrected chi connectivity index (χ1v) is 10.7. The molecule has 0 bridgehead atoms. The second-order valence-corrected chi connectivity index (χ2v) is 8.03. The van der Waals surface area contributed by atoms with Crippen LogP contribution < -0.4 is 16.0 Å². The van der Waals surface area contributed by atoms with Gasteiger partial charge < -0.3 is 21.1 Å². The summed E-state index contributed by atoms with van der Waals surface area (Å²) in [5, 5.41) is 18.8. The van der Waals surface area contributed by atoms with Crippen LogP contribution in [0.5, 0.6) is 0 Å². The average Bonchev–Trinajstić information content (AvgIpc) is 3.31. The first kappa shape index (κ1) is 25.6. The molecule has 9 heteroatoms. The van der Waals surface area contributed by atoms with Gasteiger partial charge in [0.1, 0.15) is 0 Å². The number of carboxylic acids is 1. The minimum Gasteiger partial charge on any atom is -0.479 e. The summed E-state index contributed by atoms with van der Waals surface area (Å²) in [6, 6.07) is 14.3. The van der Waals surface area contributed by atoms with Crippen LogP contribution in [0.4, 0.5) is 0 Å². The van der Waals surface area contributed by atoms with Crippen LogP contribution in [0.15, 0.2) is 54.6 Å². The molecule has 0 saturated carbocycles. The van der Waals surface area contributed by atoms with Crippen molar-refractivity contribution in [2.75, 3.05) is 13.1 Å². The van der Waals surface area contributed by atoms with Crippen molar-refractivity contribution in [3.8, 4) is 0 Å². The number of halogens is 2. The molecule has 0 unspecified atom stereocenters. The summed E-state index contributed by atoms with van der Waals surface area (Å²) in [4.78, 5) is 36.9. The van der Waals surface area contributed by atoms with Gasteiger partial charge in [-0.1, -0.05) is 54.1 Å². The molecule has 4 N–H and O–H groups in total. The quantitative estimate of drug-likeness (QED) is 0.442. The van der Waals surface area contributed by atoms with Gasteiger partial charge in [0.15, 0.2) is 6.04 Å². The summed E-state index contributed by atoms with van der Waals surface area (Å²) < 4.78 is 0. The molecule has 172 valence electrons. The van der Waals surface area contributed by atoms with Gasteiger partial charge in [0, 0.05) is 23.9 Å². The molecule has 1 fully saturated rings. The number of carbonyl (C=O) groups is 3. The highest BCUT2D eigenvalue weighted by Gasteiger charge is 2.26. The largest absolute Gasteiger partial charge is 0.479 e. The third-order valence-electron chi connectivity index (χ3n) is 5.36. The Morgan fingerprint density at radius 2 is 1.75 bits per heavy atom. The van der Waals surface area contributed by atoms with E-state index in [-0.39, 0.29) is 43.2 Å². The fraction of sp³-hybridized carbons (Fsp3) is 0.348. The van der Waals surface area contributed by atoms with Crippen LogP contribution in [0.2, 0.25) is 5.02 Å². The van der Waals surface area contributed by atoms with Crippen LogP contribution in [0.25, 0.3) is 0 Å². The molecule has 0 aliphatic carbocycles. The number of carboxylic acid groups (broad SMARTS) is 1. The highest BCUT2D eigenvalue weighted by Crippen LogP contribution is 2.22. The fourth-order valence-electron chi connectivity index (χ4n) is 3.67. The van der Waals surface area contributed by atoms with E-state index in [0.29, 0.717) is 10.6 Å². The van der Waals surface area contributed by atoms with E-state index in [1.807, 2.05) is 12.1 Å². The Morgan fingerprint density at radius 1 is 1.06 bits per heavy atom. The number of carbonyl (C=O) groups excluding carboxylic acids is 2. The lowest BCUT2D eigenvalue weighted by Crippen LogP contribution is -2.42. The van der Waals surface area contributed by atoms with Crippen molar-refractivity contribution in [2.45, 2.75) is 37.3 Å². The topological polar surface area (TPSA) is 108 Å². The van der Waals surface area contributed by atoms with Crippen molar-refractivity contribution < 1.29 is 19.5 Å². The maximum atomic E-state index is 12.8. The lowest BCUT2D eigenvalue weighted by atomic mass is 9.94. The zero-order chi connectivity index (χ0) is 22.2. The molecule has 2 amide bonds. The summed E-state index contributed by atoms with van der Waals surface area (Å²) >= 11 is 5.98. The van der Waals surface area contributed by atoms with Crippen LogP contribution in [0, 0.1) is 0 Å². The van der Waals surface area contributed by atoms with Crippen LogP contribution in [0.3, 0.4) is 0 Å². The third-order valence-corrected chi connectivity index (χ3v) is 5.61. The minimum absolute atomic E-state index is 0. The summed E-state index contributed by atoms with van der Waals surface area (Å²) in [6.45, 7) is 1.08. The van der Waals surface area contributed by atoms with Gasteiger partial charge in [-0.2, -0.15) is 0 Å². The number of nitrogens with one attached hydrogen (secondary N) is 3. The molecule has 1 saturated heterocycles. The van der Waals surface area contributed by atoms with Crippen molar-refractivity contribution >= 4 is 41.8 Å². The second kappa shape index (κ2) is 12.4. The van der Waals surface area contributed by atoms with Gasteiger partial charge in [0.25, 0.3) is 0 Å². The van der Waals surface area contributed by atoms with Crippen molar-refractivity contribution in [3.05, 3.63) is 70.7 Å². The zero-order valence-electron chi connectivity index (χ0n) is 17.4. The Labute approximate surface area is 198 Å². The van der Waals surface area contributed by atoms with Crippen molar-refractivity contribution in [1.82, 2.24) is 16.0 Å². The molecular weight excluding hydrogens is 453 g/mol. The van der Waals surface area contributed by atoms with E-state index < -0.39 is 17.9 Å². The number of aliphatic carboxylic acids is 1. The van der Waals surface area contributed by atoms with E-state index in [4.69, 9.17) is 11.6 Å². The van der Waals surface area contributed by atoms with Gasteiger partial charge in [-0.3, -0.25) is 9.59 Å². The Hall–Kier alpha value is -2.61. The van der Waals surface area contributed by atoms with Crippen molar-refractivity contribution in [3.63, 3.8) is 0 Å². The molecule has 3 rings (SSSR count). The Balaban J connectivity index is 0.00000363. The summed E-state index contributed by atoms with van der Waals surface area (Å²) in [7, 11) is 0. The zero-order valence-corrected chi connectivity index (χ0v) is 19.0. The molecule has 1 aliphatic heterocycles. The van der Waals surface area contributed by atoms with E-state index in [1.165, 1.54) is 0 Å². The van der Waals surface area contributed by atoms with Gasteiger partial charge in [0.05, 0.1) is 6.04 Å². The van der Waals surface area contributed by atoms with E-state index >= 15 is 0 Å². The summed E-state index contributed by atoms with van der Waals surface area (Å²) in [5.41, 5.74) is 1.33. The second-order valence-electron chi connectivity index (χ2n) is 7.60. The Bertz CT molecular complexity index is 903. The maximum Gasteiger partial charge on any atom is 0.330 e. The van der Waals surface area contributed by atoms with Gasteiger partial charge in [-0.25, -0.2) is 4.79 Å². The molecule has 7 nitrogen and oxygen atoms in total. The fourth-order valence-corrected chi connectivity index (χ4v) is 3.80. The van der Waals surface area contributed by atoms with Crippen molar-refractivity contribution in [2.24, 2.45) is 0 Å². The van der Waals surface area contributed by atoms with Crippen LogP contribution in [0.1, 0.15) is 42.3 Å². The summed E-state index contributed by atoms with van der Waals surface area (Å²) in [5.74, 6) is -1.97. The standard InChI is InChI=1S/C23H26ClN3O4.ClH/c24-18-10-8-15(9-11-18)17(14-26-22(29)19-7-4-12-25-19)13-20(28)27-21(23(30)31)16-5-2-1-3-6-16;/h1-3,5-6,8-11,17,19,21,25H,4,7,12-14H2,(H,26,29)(H,27,28)(H,30,31);1H/t17-,19-,21-;/m0./s1. The molecule has 2 aromatic rings. The molecule has 0 radical (unpaired) electrons. The predicted octanol–water partition coefficient (Wildman–Crippen LogP) is 3.05. The molecule has 1 aliphatic rings. The highest BCUT2D eigenvalue weighted by molar-refractivity contribution is 6.30. The molecule has 3 atom stereocenters. The van der Waals surface area contributed by atoms with Gasteiger partial charge in [0.2, 0.25) is 11.8 Å². The number of hydrogen-bond acceptors (Lipinski definition) is 4. The van der Waals surface area contributed by atoms with Gasteiger partial charge >= 0.3 is 5.97 Å². The lowest BCUT2D eigenvalue weighted by molar-refractivity contribution is -0.142. The first-order valence-electron chi connectivity index (χ1n) is 10.3. The SMILES string of the molecule is Cl.O=C(C[C@@H](CNC(=O)[C@@H]1CCCN1)c1ccc(Cl)cc1)N[C@H](C(=O)O)c1ccccc1. The van der Waals surface area contributed by atoms with Gasteiger partial charge in [-0.15, -0.1) is 12.4 Å². The van der Waals surface area contributed by atoms with E-state index in [1.54, 1.807) is 42.5 Å². The molecule has 0 spiro atoms. The molecule has 32 heavy (non-hydrogen) atoms. The van der Waals surface area contributed by atoms with E-state index in [0.717, 1.165) is 24.9 Å². The normalized spacial score (nSPS) is 17.0. The van der Waals surface area contributed by atoms with Crippen LogP contribution >= 0.6 is 24.0 Å². The van der Waals surface area contributed by atoms with Crippen molar-refractivity contribution in [1.29, 1.82) is 0 Å². The minimum atomic E-state index is -1.14. The predicted molar refractivity (Wildman–Crippen MR) is 125 cm³/mol. The van der Waals surface area contributed by atoms with E-state index in [9.17, 15) is 19.5 Å². The number of hydrogen-bond donors (Lipinski definition) is 4. The monoisotopic (exact) mass is 479 g/mol. The molecular formula is C23H27Cl2N3O4. The first-order chi connectivity index (χ1) is 14.9. The smallest absolute Gasteiger partial charge is 0.330 e. The molecule has 0 aromatic heterocycles. The van der Waals surface area contributed by atoms with Crippen LogP contribution in [-0.2, 0) is 14.4 Å². The molecule has 2 aromatic carbocycles. The third kappa shape index (κ3) is 7.22. The average molecular weight is 480 g/mol. The Morgan fingerprint density at radius 3 is 2.34 bits per heavy atom. The highest BCUT2D eigenvalue weighted by atomic mass is 35.5. The van der Waals surface area contributed by atoms with Gasteiger partial charge in [-0.05, 0) is 42.6 Å². The summed E-state index contributed by atoms with van der Waals surface area (Å²) in [6.07, 6.45) is 1.77. The maximum absolute atomic E-state index is 12.8. The number of amides is 2. The lowest BCUT2D eigenvalue weighted by Gasteiger charge is -2.21.